The van der Waals surface area contributed by atoms with Crippen molar-refractivity contribution in [1.29, 1.82) is 0 Å². The SMILES string of the molecule is CCS(=O)c1ccc2c(cc1=O)[C@@H](NC(C)=O)CCc1cc(OC)c(OC)c(OC)c1-2. The Kier molecular flexibility index (Phi) is 7.00. The Morgan fingerprint density at radius 3 is 2.42 bits per heavy atom. The van der Waals surface area contributed by atoms with Crippen molar-refractivity contribution in [2.75, 3.05) is 27.1 Å². The summed E-state index contributed by atoms with van der Waals surface area (Å²) < 4.78 is 29.3. The maximum absolute atomic E-state index is 12.9. The van der Waals surface area contributed by atoms with Crippen molar-refractivity contribution in [3.63, 3.8) is 0 Å². The summed E-state index contributed by atoms with van der Waals surface area (Å²) in [6.45, 7) is 3.21. The standard InChI is InChI=1S/C23H27NO6S/c1-6-31(27)20-10-8-15-16(12-18(20)26)17(24-13(2)25)9-7-14-11-19(28-3)22(29-4)23(30-5)21(14)15/h8,10-12,17H,6-7,9H2,1-5H3,(H,24,25)/t17-,31?/m0/s1. The van der Waals surface area contributed by atoms with Gasteiger partial charge in [0, 0.05) is 18.2 Å². The number of rotatable bonds is 6. The van der Waals surface area contributed by atoms with E-state index in [0.717, 1.165) is 16.7 Å². The summed E-state index contributed by atoms with van der Waals surface area (Å²) in [6, 6.07) is 6.39. The van der Waals surface area contributed by atoms with Gasteiger partial charge in [-0.05, 0) is 47.7 Å². The van der Waals surface area contributed by atoms with Crippen LogP contribution in [0.1, 0.15) is 37.4 Å². The second-order valence-electron chi connectivity index (χ2n) is 7.18. The zero-order valence-corrected chi connectivity index (χ0v) is 19.2. The molecule has 8 heteroatoms. The highest BCUT2D eigenvalue weighted by molar-refractivity contribution is 7.85. The molecular weight excluding hydrogens is 418 g/mol. The summed E-state index contributed by atoms with van der Waals surface area (Å²) in [6.07, 6.45) is 1.20. The molecule has 1 aliphatic rings. The quantitative estimate of drug-likeness (QED) is 0.735. The van der Waals surface area contributed by atoms with Crippen LogP contribution in [-0.2, 0) is 22.0 Å². The minimum Gasteiger partial charge on any atom is -0.493 e. The number of ether oxygens (including phenoxy) is 3. The molecule has 0 saturated carbocycles. The number of hydrogen-bond acceptors (Lipinski definition) is 6. The Bertz CT molecular complexity index is 1100. The lowest BCUT2D eigenvalue weighted by Crippen LogP contribution is -2.26. The molecule has 0 saturated heterocycles. The van der Waals surface area contributed by atoms with Crippen molar-refractivity contribution in [2.45, 2.75) is 37.6 Å². The number of carbonyl (C=O) groups excluding carboxylic acids is 1. The van der Waals surface area contributed by atoms with Gasteiger partial charge in [0.05, 0.1) is 43.1 Å². The van der Waals surface area contributed by atoms with E-state index in [-0.39, 0.29) is 22.3 Å². The predicted octanol–water partition coefficient (Wildman–Crippen LogP) is 2.99. The first-order valence-corrected chi connectivity index (χ1v) is 11.3. The summed E-state index contributed by atoms with van der Waals surface area (Å²) >= 11 is 0. The predicted molar refractivity (Wildman–Crippen MR) is 120 cm³/mol. The van der Waals surface area contributed by atoms with Crippen LogP contribution in [-0.4, -0.2) is 37.2 Å². The third-order valence-corrected chi connectivity index (χ3v) is 6.74. The van der Waals surface area contributed by atoms with Gasteiger partial charge >= 0.3 is 0 Å². The molecule has 0 bridgehead atoms. The fourth-order valence-corrected chi connectivity index (χ4v) is 4.85. The monoisotopic (exact) mass is 445 g/mol. The number of hydrogen-bond donors (Lipinski definition) is 1. The number of nitrogens with one attached hydrogen (secondary N) is 1. The molecule has 166 valence electrons. The van der Waals surface area contributed by atoms with Crippen molar-refractivity contribution >= 4 is 16.7 Å². The molecule has 3 rings (SSSR count). The van der Waals surface area contributed by atoms with Gasteiger partial charge < -0.3 is 19.5 Å². The Labute approximate surface area is 184 Å². The Morgan fingerprint density at radius 2 is 1.84 bits per heavy atom. The van der Waals surface area contributed by atoms with Gasteiger partial charge in [0.2, 0.25) is 11.7 Å². The van der Waals surface area contributed by atoms with Crippen LogP contribution in [0.4, 0.5) is 0 Å². The first kappa shape index (κ1) is 22.8. The maximum Gasteiger partial charge on any atom is 0.217 e. The fraction of sp³-hybridized carbons (Fsp3) is 0.391. The molecule has 2 aromatic rings. The molecule has 1 aliphatic carbocycles. The van der Waals surface area contributed by atoms with Crippen molar-refractivity contribution in [3.8, 4) is 28.4 Å². The molecule has 0 fully saturated rings. The zero-order chi connectivity index (χ0) is 22.7. The van der Waals surface area contributed by atoms with E-state index in [2.05, 4.69) is 5.32 Å². The van der Waals surface area contributed by atoms with Crippen molar-refractivity contribution in [1.82, 2.24) is 5.32 Å². The van der Waals surface area contributed by atoms with Gasteiger partial charge in [0.25, 0.3) is 0 Å². The Morgan fingerprint density at radius 1 is 1.13 bits per heavy atom. The number of carbonyl (C=O) groups is 1. The van der Waals surface area contributed by atoms with Crippen molar-refractivity contribution in [3.05, 3.63) is 45.6 Å². The molecule has 0 aromatic heterocycles. The van der Waals surface area contributed by atoms with E-state index in [1.54, 1.807) is 33.3 Å². The van der Waals surface area contributed by atoms with Gasteiger partial charge in [-0.3, -0.25) is 13.8 Å². The van der Waals surface area contributed by atoms with E-state index in [4.69, 9.17) is 14.2 Å². The van der Waals surface area contributed by atoms with Gasteiger partial charge in [0.15, 0.2) is 16.9 Å². The highest BCUT2D eigenvalue weighted by Crippen LogP contribution is 2.50. The molecular formula is C23H27NO6S. The van der Waals surface area contributed by atoms with Gasteiger partial charge in [-0.15, -0.1) is 0 Å². The largest absolute Gasteiger partial charge is 0.493 e. The second kappa shape index (κ2) is 9.51. The van der Waals surface area contributed by atoms with Crippen LogP contribution < -0.4 is 25.0 Å². The molecule has 7 nitrogen and oxygen atoms in total. The van der Waals surface area contributed by atoms with Gasteiger partial charge in [-0.1, -0.05) is 13.0 Å². The number of fused-ring (bicyclic) bond motifs is 3. The Hall–Kier alpha value is -2.87. The van der Waals surface area contributed by atoms with E-state index in [9.17, 15) is 13.8 Å². The maximum atomic E-state index is 12.9. The number of aryl methyl sites for hydroxylation is 1. The highest BCUT2D eigenvalue weighted by Gasteiger charge is 2.29. The fourth-order valence-electron chi connectivity index (χ4n) is 4.04. The normalized spacial score (nSPS) is 15.7. The summed E-state index contributed by atoms with van der Waals surface area (Å²) in [5.74, 6) is 1.61. The zero-order valence-electron chi connectivity index (χ0n) is 18.4. The lowest BCUT2D eigenvalue weighted by molar-refractivity contribution is -0.119. The molecule has 1 N–H and O–H groups in total. The van der Waals surface area contributed by atoms with Crippen LogP contribution in [0, 0.1) is 0 Å². The van der Waals surface area contributed by atoms with E-state index in [0.29, 0.717) is 41.4 Å². The first-order valence-electron chi connectivity index (χ1n) is 10.0. The smallest absolute Gasteiger partial charge is 0.217 e. The molecule has 0 spiro atoms. The third kappa shape index (κ3) is 4.30. The highest BCUT2D eigenvalue weighted by atomic mass is 32.2. The summed E-state index contributed by atoms with van der Waals surface area (Å²) in [7, 11) is 3.23. The van der Waals surface area contributed by atoms with Crippen LogP contribution in [0.3, 0.4) is 0 Å². The molecule has 2 atom stereocenters. The van der Waals surface area contributed by atoms with Crippen LogP contribution >= 0.6 is 0 Å². The molecule has 31 heavy (non-hydrogen) atoms. The topological polar surface area (TPSA) is 90.9 Å². The summed E-state index contributed by atoms with van der Waals surface area (Å²) in [5, 5.41) is 2.95. The van der Waals surface area contributed by atoms with Crippen LogP contribution in [0.15, 0.2) is 34.0 Å². The number of benzene rings is 1. The minimum atomic E-state index is -1.41. The molecule has 0 aliphatic heterocycles. The molecule has 0 heterocycles. The second-order valence-corrected chi connectivity index (χ2v) is 8.89. The molecule has 1 amide bonds. The summed E-state index contributed by atoms with van der Waals surface area (Å²) in [4.78, 5) is 25.1. The van der Waals surface area contributed by atoms with Crippen molar-refractivity contribution < 1.29 is 23.2 Å². The first-order chi connectivity index (χ1) is 14.9. The number of amides is 1. The van der Waals surface area contributed by atoms with Gasteiger partial charge in [0.1, 0.15) is 0 Å². The van der Waals surface area contributed by atoms with Crippen LogP contribution in [0.5, 0.6) is 17.2 Å². The average molecular weight is 446 g/mol. The van der Waals surface area contributed by atoms with Crippen LogP contribution in [0.2, 0.25) is 0 Å². The number of methoxy groups -OCH3 is 3. The van der Waals surface area contributed by atoms with Crippen molar-refractivity contribution in [2.24, 2.45) is 0 Å². The van der Waals surface area contributed by atoms with E-state index >= 15 is 0 Å². The third-order valence-electron chi connectivity index (χ3n) is 5.39. The lowest BCUT2D eigenvalue weighted by atomic mass is 9.95. The Balaban J connectivity index is 2.43. The van der Waals surface area contributed by atoms with E-state index in [1.807, 2.05) is 6.07 Å². The minimum absolute atomic E-state index is 0.194. The molecule has 1 unspecified atom stereocenters. The van der Waals surface area contributed by atoms with Crippen LogP contribution in [0.25, 0.3) is 11.1 Å². The van der Waals surface area contributed by atoms with E-state index < -0.39 is 10.8 Å². The van der Waals surface area contributed by atoms with E-state index in [1.165, 1.54) is 20.1 Å². The lowest BCUT2D eigenvalue weighted by Gasteiger charge is -2.19. The van der Waals surface area contributed by atoms with Gasteiger partial charge in [-0.2, -0.15) is 0 Å². The molecule has 0 radical (unpaired) electrons. The molecule has 2 aromatic carbocycles. The van der Waals surface area contributed by atoms with Gasteiger partial charge in [-0.25, -0.2) is 0 Å². The average Bonchev–Trinajstić information content (AvgIpc) is 3.00. The summed E-state index contributed by atoms with van der Waals surface area (Å²) in [5.41, 5.74) is 2.77.